The second-order valence-corrected chi connectivity index (χ2v) is 25.6. The van der Waals surface area contributed by atoms with Crippen molar-refractivity contribution in [2.24, 2.45) is 0 Å². The van der Waals surface area contributed by atoms with Gasteiger partial charge in [-0.05, 0) is 154 Å². The number of para-hydroxylation sites is 1. The van der Waals surface area contributed by atoms with Crippen molar-refractivity contribution in [3.05, 3.63) is 190 Å². The maximum absolute atomic E-state index is 14.2. The van der Waals surface area contributed by atoms with Crippen LogP contribution >= 0.6 is 37.2 Å². The number of likely N-dealkylation sites (tertiary alicyclic amines) is 2. The lowest BCUT2D eigenvalue weighted by atomic mass is 9.72. The van der Waals surface area contributed by atoms with Gasteiger partial charge in [-0.1, -0.05) is 84.9 Å². The van der Waals surface area contributed by atoms with Crippen LogP contribution < -0.4 is 10.6 Å². The number of hydrogen-bond donors (Lipinski definition) is 2. The summed E-state index contributed by atoms with van der Waals surface area (Å²) in [6, 6.07) is 39.2. The fourth-order valence-corrected chi connectivity index (χ4v) is 13.5. The Balaban J connectivity index is 0.00000459. The summed E-state index contributed by atoms with van der Waals surface area (Å²) < 4.78 is 116. The maximum Gasteiger partial charge on any atom is 0.416 e. The van der Waals surface area contributed by atoms with Crippen LogP contribution in [0.15, 0.2) is 146 Å². The van der Waals surface area contributed by atoms with Crippen molar-refractivity contribution < 1.29 is 68.9 Å². The van der Waals surface area contributed by atoms with Gasteiger partial charge in [0.05, 0.1) is 29.5 Å². The van der Waals surface area contributed by atoms with Crippen molar-refractivity contribution in [3.8, 4) is 11.1 Å². The molecule has 0 radical (unpaired) electrons. The number of carbonyl (C=O) groups excluding carboxylic acids is 5. The highest BCUT2D eigenvalue weighted by Crippen LogP contribution is 2.48. The highest BCUT2D eigenvalue weighted by molar-refractivity contribution is 5.95. The zero-order valence-electron chi connectivity index (χ0n) is 55.6. The lowest BCUT2D eigenvalue weighted by molar-refractivity contribution is -0.143. The molecular weight excluding hydrogens is 1360 g/mol. The number of fused-ring (bicyclic) bond motifs is 2. The number of benzene rings is 6. The number of nitrogens with one attached hydrogen (secondary N) is 2. The van der Waals surface area contributed by atoms with Gasteiger partial charge in [-0.3, -0.25) is 24.5 Å². The fourth-order valence-electron chi connectivity index (χ4n) is 13.5. The van der Waals surface area contributed by atoms with Crippen molar-refractivity contribution in [1.29, 1.82) is 0 Å². The minimum atomic E-state index is -5.15. The molecule has 6 aromatic carbocycles. The van der Waals surface area contributed by atoms with E-state index in [9.17, 15) is 54.7 Å². The molecule has 1 aliphatic carbocycles. The molecule has 5 amide bonds. The summed E-state index contributed by atoms with van der Waals surface area (Å²) in [5.74, 6) is -1.86. The van der Waals surface area contributed by atoms with Gasteiger partial charge in [0.25, 0.3) is 11.8 Å². The third-order valence-electron chi connectivity index (χ3n) is 19.3. The molecule has 10 rings (SSSR count). The number of piperidine rings is 2. The smallest absolute Gasteiger partial charge is 0.416 e. The van der Waals surface area contributed by atoms with E-state index in [-0.39, 0.29) is 92.8 Å². The van der Waals surface area contributed by atoms with E-state index in [0.29, 0.717) is 107 Å². The average molecular weight is 1440 g/mol. The topological polar surface area (TPSA) is 157 Å². The monoisotopic (exact) mass is 1440 g/mol. The van der Waals surface area contributed by atoms with Gasteiger partial charge in [-0.15, -0.1) is 37.2 Å². The zero-order chi connectivity index (χ0) is 68.2. The van der Waals surface area contributed by atoms with Crippen LogP contribution in [0, 0.1) is 5.82 Å². The van der Waals surface area contributed by atoms with Crippen LogP contribution in [-0.4, -0.2) is 178 Å². The van der Waals surface area contributed by atoms with Gasteiger partial charge in [0, 0.05) is 108 Å². The molecule has 6 aromatic rings. The number of alkyl halides is 6. The second kappa shape index (κ2) is 35.2. The van der Waals surface area contributed by atoms with E-state index in [0.717, 1.165) is 78.2 Å². The number of halogens is 10. The average Bonchev–Trinajstić information content (AvgIpc) is 1.61. The lowest BCUT2D eigenvalue weighted by Gasteiger charge is -2.44. The number of likely N-dealkylation sites (N-methyl/N-ethyl adjacent to an activating group) is 2. The molecular formula is C73H86Cl3F7N8O8. The van der Waals surface area contributed by atoms with Crippen LogP contribution in [0.25, 0.3) is 11.1 Å². The van der Waals surface area contributed by atoms with Crippen LogP contribution in [0.1, 0.15) is 106 Å². The number of hydrogen-bond acceptors (Lipinski definition) is 11. The third-order valence-corrected chi connectivity index (χ3v) is 19.3. The van der Waals surface area contributed by atoms with Gasteiger partial charge in [0.15, 0.2) is 0 Å². The Morgan fingerprint density at radius 3 is 1.94 bits per heavy atom. The molecule has 1 spiro atoms. The summed E-state index contributed by atoms with van der Waals surface area (Å²) in [7, 11) is 5.28. The van der Waals surface area contributed by atoms with Gasteiger partial charge in [-0.25, -0.2) is 9.18 Å². The van der Waals surface area contributed by atoms with Crippen molar-refractivity contribution in [3.63, 3.8) is 0 Å². The Bertz CT molecular complexity index is 3630. The van der Waals surface area contributed by atoms with E-state index in [1.807, 2.05) is 85.9 Å². The van der Waals surface area contributed by atoms with Crippen LogP contribution in [0.2, 0.25) is 0 Å². The summed E-state index contributed by atoms with van der Waals surface area (Å²) in [6.45, 7) is 5.20. The maximum atomic E-state index is 14.2. The van der Waals surface area contributed by atoms with Crippen LogP contribution in [0.3, 0.4) is 0 Å². The Morgan fingerprint density at radius 2 is 1.26 bits per heavy atom. The van der Waals surface area contributed by atoms with Gasteiger partial charge in [0.2, 0.25) is 11.8 Å². The first-order chi connectivity index (χ1) is 46.0. The second-order valence-electron chi connectivity index (χ2n) is 25.6. The molecule has 3 aliphatic heterocycles. The molecule has 2 atom stereocenters. The molecule has 2 N–H and O–H groups in total. The van der Waals surface area contributed by atoms with Gasteiger partial charge >= 0.3 is 18.4 Å². The number of rotatable bonds is 25. The Kier molecular flexibility index (Phi) is 28.0. The summed E-state index contributed by atoms with van der Waals surface area (Å²) in [5, 5.41) is 6.32. The van der Waals surface area contributed by atoms with Gasteiger partial charge in [-0.2, -0.15) is 26.3 Å². The molecule has 4 aliphatic rings. The molecule has 3 saturated heterocycles. The van der Waals surface area contributed by atoms with Crippen LogP contribution in [0.5, 0.6) is 0 Å². The molecule has 26 heteroatoms. The Hall–Kier alpha value is -7.51. The van der Waals surface area contributed by atoms with E-state index in [1.165, 1.54) is 24.3 Å². The molecule has 16 nitrogen and oxygen atoms in total. The fraction of sp³-hybridized carbons (Fsp3) is 0.438. The van der Waals surface area contributed by atoms with Crippen LogP contribution in [-0.2, 0) is 53.6 Å². The summed E-state index contributed by atoms with van der Waals surface area (Å²) in [4.78, 5) is 77.4. The first-order valence-electron chi connectivity index (χ1n) is 32.8. The number of carbonyl (C=O) groups is 5. The predicted molar refractivity (Wildman–Crippen MR) is 372 cm³/mol. The third kappa shape index (κ3) is 20.2. The highest BCUT2D eigenvalue weighted by atomic mass is 35.5. The van der Waals surface area contributed by atoms with Crippen LogP contribution in [0.4, 0.5) is 46.9 Å². The first kappa shape index (κ1) is 78.8. The van der Waals surface area contributed by atoms with Crippen molar-refractivity contribution in [2.45, 2.75) is 99.8 Å². The quantitative estimate of drug-likeness (QED) is 0.0415. The molecule has 99 heavy (non-hydrogen) atoms. The predicted octanol–water partition coefficient (Wildman–Crippen LogP) is 13.9. The number of unbranched alkanes of at least 4 members (excludes halogenated alkanes) is 1. The Labute approximate surface area is 592 Å². The summed E-state index contributed by atoms with van der Waals surface area (Å²) in [6.07, 6.45) is -5.13. The zero-order valence-corrected chi connectivity index (χ0v) is 58.0. The number of amides is 5. The molecule has 3 fully saturated rings. The number of anilines is 2. The SMILES string of the molecule is CN(CCN1CCC(OC(=O)Nc2ccccc2-c2ccccc2)CC1)C(=O)CCCCNc1ccc(C(=O)N(C)CCCN(C)C(=O)CO[C@H]2Cc3ccccc3C23CCN(CC[C@]2(c4ccc(F)cc4)CN(C(=O)c4cc(C(F)(F)F)cc(C(F)(F)F)c4)CO2)CC3)cc1.Cl.Cl.Cl. The minimum Gasteiger partial charge on any atom is -0.446 e. The van der Waals surface area contributed by atoms with E-state index in [4.69, 9.17) is 14.2 Å². The summed E-state index contributed by atoms with van der Waals surface area (Å²) in [5.41, 5.74) is 1.13. The number of nitrogens with zero attached hydrogens (tertiary/aromatic N) is 6. The van der Waals surface area contributed by atoms with Crippen molar-refractivity contribution >= 4 is 78.3 Å². The first-order valence-corrected chi connectivity index (χ1v) is 32.8. The van der Waals surface area contributed by atoms with E-state index < -0.39 is 64.6 Å². The molecule has 536 valence electrons. The van der Waals surface area contributed by atoms with E-state index in [2.05, 4.69) is 32.6 Å². The molecule has 0 aromatic heterocycles. The number of ether oxygens (including phenoxy) is 3. The molecule has 0 bridgehead atoms. The van der Waals surface area contributed by atoms with Gasteiger partial charge < -0.3 is 48.9 Å². The molecule has 0 unspecified atom stereocenters. The van der Waals surface area contributed by atoms with E-state index in [1.54, 1.807) is 40.9 Å². The Morgan fingerprint density at radius 1 is 0.646 bits per heavy atom. The molecule has 3 heterocycles. The molecule has 0 saturated carbocycles. The summed E-state index contributed by atoms with van der Waals surface area (Å²) >= 11 is 0. The highest BCUT2D eigenvalue weighted by Gasteiger charge is 2.50. The van der Waals surface area contributed by atoms with Crippen molar-refractivity contribution in [2.75, 3.05) is 117 Å². The van der Waals surface area contributed by atoms with Crippen molar-refractivity contribution in [1.82, 2.24) is 29.4 Å². The van der Waals surface area contributed by atoms with Gasteiger partial charge in [0.1, 0.15) is 30.9 Å². The largest absolute Gasteiger partial charge is 0.446 e. The van der Waals surface area contributed by atoms with E-state index >= 15 is 0 Å². The minimum absolute atomic E-state index is 0. The normalized spacial score (nSPS) is 17.7. The standard InChI is InChI=1S/C73H83F7N8O8.3ClH/c1-83(35-13-36-85(3)67(91)52-21-27-59(28-22-52)81-34-12-11-20-65(89)84(2)42-43-86-37-29-60(30-38-86)96-69(93)82-63-19-10-8-17-61(63)51-14-5-4-6-15-51)66(90)48-94-64-46-53-16-7-9-18-62(53)70(64)31-39-87(40-32-70)41-33-71(55-23-25-58(74)26-24-55)49-88(50-95-71)68(92)54-44-56(72(75,76)77)47-57(45-54)73(78,79)80;;;/h4-10,14-19,21-28,44-45,47,60,64,81H,11-13,20,29-43,46,48-50H2,1-3H3,(H,82,93);3*1H/t64-,71+;;;/m0.../s1. The lowest BCUT2D eigenvalue weighted by Crippen LogP contribution is -2.50.